The van der Waals surface area contributed by atoms with Crippen molar-refractivity contribution in [3.05, 3.63) is 27.2 Å². The van der Waals surface area contributed by atoms with Gasteiger partial charge in [0.25, 0.3) is 0 Å². The van der Waals surface area contributed by atoms with Crippen molar-refractivity contribution in [2.24, 2.45) is 0 Å². The summed E-state index contributed by atoms with van der Waals surface area (Å²) in [7, 11) is 1.28. The summed E-state index contributed by atoms with van der Waals surface area (Å²) in [6.07, 6.45) is 5.54. The first kappa shape index (κ1) is 19.3. The molecule has 2 aromatic rings. The highest BCUT2D eigenvalue weighted by atomic mass is 35.5. The average Bonchev–Trinajstić information content (AvgIpc) is 3.12. The normalized spacial score (nSPS) is 21.6. The van der Waals surface area contributed by atoms with Crippen molar-refractivity contribution in [1.29, 1.82) is 0 Å². The Bertz CT molecular complexity index is 936. The number of fused-ring (bicyclic) bond motifs is 2. The lowest BCUT2D eigenvalue weighted by Crippen LogP contribution is -2.41. The van der Waals surface area contributed by atoms with Gasteiger partial charge in [0.05, 0.1) is 18.9 Å². The van der Waals surface area contributed by atoms with Gasteiger partial charge in [-0.2, -0.15) is 0 Å². The Hall–Kier alpha value is -1.99. The van der Waals surface area contributed by atoms with Gasteiger partial charge < -0.3 is 9.26 Å². The maximum atomic E-state index is 12.8. The second kappa shape index (κ2) is 7.44. The molecule has 0 aliphatic heterocycles. The zero-order chi connectivity index (χ0) is 19.9. The Morgan fingerprint density at radius 1 is 1.14 bits per heavy atom. The van der Waals surface area contributed by atoms with E-state index in [0.717, 1.165) is 44.1 Å². The Labute approximate surface area is 171 Å². The van der Waals surface area contributed by atoms with E-state index in [-0.39, 0.29) is 28.3 Å². The van der Waals surface area contributed by atoms with E-state index in [0.29, 0.717) is 23.4 Å². The molecule has 0 N–H and O–H groups in total. The van der Waals surface area contributed by atoms with Crippen LogP contribution in [0.4, 0.5) is 0 Å². The van der Waals surface area contributed by atoms with Gasteiger partial charge in [0, 0.05) is 17.5 Å². The van der Waals surface area contributed by atoms with Gasteiger partial charge in [-0.25, -0.2) is 9.97 Å². The molecule has 0 saturated heterocycles. The fourth-order valence-electron chi connectivity index (χ4n) is 4.27. The maximum Gasteiger partial charge on any atom is 0.310 e. The third-order valence-electron chi connectivity index (χ3n) is 5.71. The number of methoxy groups -OCH3 is 1. The van der Waals surface area contributed by atoms with E-state index in [9.17, 15) is 9.59 Å². The maximum absolute atomic E-state index is 12.8. The number of Topliss-reactive ketones (excluding diaryl/α,β-unsaturated/α-hetero) is 1. The Balaban J connectivity index is 1.75. The van der Waals surface area contributed by atoms with Crippen LogP contribution < -0.4 is 0 Å². The molecule has 2 aliphatic rings. The molecule has 0 aromatic carbocycles. The molecule has 1 saturated carbocycles. The minimum absolute atomic E-state index is 0.0661. The van der Waals surface area contributed by atoms with Crippen molar-refractivity contribution in [2.75, 3.05) is 7.11 Å². The predicted octanol–water partition coefficient (Wildman–Crippen LogP) is 3.87. The van der Waals surface area contributed by atoms with Crippen LogP contribution in [0.2, 0.25) is 10.3 Å². The number of hydrogen-bond acceptors (Lipinski definition) is 7. The minimum Gasteiger partial charge on any atom is -0.469 e. The van der Waals surface area contributed by atoms with Crippen LogP contribution in [-0.2, 0) is 32.6 Å². The summed E-state index contributed by atoms with van der Waals surface area (Å²) in [5, 5.41) is 4.31. The first-order chi connectivity index (χ1) is 13.5. The van der Waals surface area contributed by atoms with E-state index in [1.54, 1.807) is 0 Å². The number of nitrogens with zero attached hydrogens (tertiary/aromatic N) is 3. The van der Waals surface area contributed by atoms with Crippen molar-refractivity contribution in [1.82, 2.24) is 15.1 Å². The lowest BCUT2D eigenvalue weighted by Gasteiger charge is -2.36. The number of halogens is 2. The van der Waals surface area contributed by atoms with Crippen molar-refractivity contribution in [2.45, 2.75) is 56.8 Å². The van der Waals surface area contributed by atoms with Gasteiger partial charge in [0.1, 0.15) is 16.1 Å². The van der Waals surface area contributed by atoms with Crippen LogP contribution in [-0.4, -0.2) is 34.0 Å². The van der Waals surface area contributed by atoms with Crippen LogP contribution in [0.3, 0.4) is 0 Å². The van der Waals surface area contributed by atoms with Crippen LogP contribution in [0.1, 0.15) is 55.4 Å². The Kier molecular flexibility index (Phi) is 5.14. The first-order valence-corrected chi connectivity index (χ1v) is 10.0. The van der Waals surface area contributed by atoms with Gasteiger partial charge in [0.15, 0.2) is 17.3 Å². The number of aromatic nitrogens is 3. The van der Waals surface area contributed by atoms with Crippen molar-refractivity contribution in [3.8, 4) is 11.5 Å². The standard InChI is InChI=1S/C19H19Cl2N3O4/c1-27-13(26)9-11-16(20)22-18(23-17(11)21)14-10-5-4-8-19(15(10)28-24-14)7-3-2-6-12(19)25/h2-9H2,1H3/t19-/m1/s1. The molecule has 2 aromatic heterocycles. The summed E-state index contributed by atoms with van der Waals surface area (Å²) in [5.74, 6) is 0.617. The number of ether oxygens (including phenoxy) is 1. The number of carbonyl (C=O) groups excluding carboxylic acids is 2. The molecule has 28 heavy (non-hydrogen) atoms. The highest BCUT2D eigenvalue weighted by Crippen LogP contribution is 2.47. The van der Waals surface area contributed by atoms with Crippen LogP contribution in [0.25, 0.3) is 11.5 Å². The number of hydrogen-bond donors (Lipinski definition) is 0. The van der Waals surface area contributed by atoms with Crippen molar-refractivity contribution in [3.63, 3.8) is 0 Å². The zero-order valence-corrected chi connectivity index (χ0v) is 16.9. The SMILES string of the molecule is COC(=O)Cc1c(Cl)nc(-c2noc3c2CCC[C@@]32CCCCC2=O)nc1Cl. The van der Waals surface area contributed by atoms with E-state index >= 15 is 0 Å². The molecule has 1 spiro atoms. The highest BCUT2D eigenvalue weighted by molar-refractivity contribution is 6.35. The van der Waals surface area contributed by atoms with Crippen LogP contribution in [0.15, 0.2) is 4.52 Å². The first-order valence-electron chi connectivity index (χ1n) is 9.27. The molecule has 0 amide bonds. The van der Waals surface area contributed by atoms with Gasteiger partial charge >= 0.3 is 5.97 Å². The largest absolute Gasteiger partial charge is 0.469 e. The Morgan fingerprint density at radius 3 is 2.54 bits per heavy atom. The molecular formula is C19H19Cl2N3O4. The fraction of sp³-hybridized carbons (Fsp3) is 0.526. The summed E-state index contributed by atoms with van der Waals surface area (Å²) in [6, 6.07) is 0. The van der Waals surface area contributed by atoms with E-state index < -0.39 is 11.4 Å². The number of rotatable bonds is 3. The van der Waals surface area contributed by atoms with E-state index in [1.807, 2.05) is 0 Å². The molecule has 2 heterocycles. The smallest absolute Gasteiger partial charge is 0.310 e. The van der Waals surface area contributed by atoms with Crippen LogP contribution >= 0.6 is 23.2 Å². The van der Waals surface area contributed by atoms with Gasteiger partial charge in [-0.15, -0.1) is 0 Å². The minimum atomic E-state index is -0.574. The second-order valence-corrected chi connectivity index (χ2v) is 7.98. The topological polar surface area (TPSA) is 95.2 Å². The highest BCUT2D eigenvalue weighted by Gasteiger charge is 2.48. The molecule has 1 fully saturated rings. The molecular weight excluding hydrogens is 405 g/mol. The molecule has 4 rings (SSSR count). The third-order valence-corrected chi connectivity index (χ3v) is 6.34. The summed E-state index contributed by atoms with van der Waals surface area (Å²) < 4.78 is 10.3. The van der Waals surface area contributed by atoms with E-state index in [2.05, 4.69) is 19.9 Å². The average molecular weight is 424 g/mol. The molecule has 0 radical (unpaired) electrons. The van der Waals surface area contributed by atoms with Gasteiger partial charge in [-0.3, -0.25) is 9.59 Å². The number of carbonyl (C=O) groups is 2. The third kappa shape index (κ3) is 3.10. The van der Waals surface area contributed by atoms with E-state index in [1.165, 1.54) is 7.11 Å². The van der Waals surface area contributed by atoms with Gasteiger partial charge in [-0.05, 0) is 32.1 Å². The van der Waals surface area contributed by atoms with Gasteiger partial charge in [0.2, 0.25) is 0 Å². The molecule has 1 atom stereocenters. The quantitative estimate of drug-likeness (QED) is 0.545. The predicted molar refractivity (Wildman–Crippen MR) is 101 cm³/mol. The fourth-order valence-corrected chi connectivity index (χ4v) is 4.79. The molecule has 7 nitrogen and oxygen atoms in total. The molecule has 0 unspecified atom stereocenters. The van der Waals surface area contributed by atoms with Gasteiger partial charge in [-0.1, -0.05) is 34.8 Å². The lowest BCUT2D eigenvalue weighted by molar-refractivity contribution is -0.139. The second-order valence-electron chi connectivity index (χ2n) is 7.27. The Morgan fingerprint density at radius 2 is 1.86 bits per heavy atom. The van der Waals surface area contributed by atoms with Crippen molar-refractivity contribution < 1.29 is 18.8 Å². The summed E-state index contributed by atoms with van der Waals surface area (Å²) >= 11 is 12.5. The summed E-state index contributed by atoms with van der Waals surface area (Å²) in [4.78, 5) is 32.9. The van der Waals surface area contributed by atoms with Crippen molar-refractivity contribution >= 4 is 35.0 Å². The van der Waals surface area contributed by atoms with Crippen LogP contribution in [0, 0.1) is 0 Å². The van der Waals surface area contributed by atoms with E-state index in [4.69, 9.17) is 27.7 Å². The zero-order valence-electron chi connectivity index (χ0n) is 15.4. The summed E-state index contributed by atoms with van der Waals surface area (Å²) in [6.45, 7) is 0. The molecule has 2 aliphatic carbocycles. The lowest BCUT2D eigenvalue weighted by atomic mass is 9.64. The number of ketones is 1. The molecule has 9 heteroatoms. The molecule has 148 valence electrons. The molecule has 0 bridgehead atoms. The summed E-state index contributed by atoms with van der Waals surface area (Å²) in [5.41, 5.74) is 1.04. The monoisotopic (exact) mass is 423 g/mol. The number of esters is 1. The van der Waals surface area contributed by atoms with Crippen LogP contribution in [0.5, 0.6) is 0 Å².